The zero-order valence-electron chi connectivity index (χ0n) is 8.88. The fourth-order valence-corrected chi connectivity index (χ4v) is 2.80. The molecule has 2 N–H and O–H groups in total. The molecule has 84 valence electrons. The zero-order valence-corrected chi connectivity index (χ0v) is 9.70. The average Bonchev–Trinajstić information content (AvgIpc) is 2.85. The third-order valence-corrected chi connectivity index (χ3v) is 3.56. The molecule has 0 atom stereocenters. The SMILES string of the molecule is C1CNc2n[nH]c(C3CCCC3)c2C1.Cl. The number of hydrogen-bond acceptors (Lipinski definition) is 2. The van der Waals surface area contributed by atoms with Crippen LogP contribution in [-0.2, 0) is 6.42 Å². The van der Waals surface area contributed by atoms with E-state index in [-0.39, 0.29) is 12.4 Å². The van der Waals surface area contributed by atoms with Crippen molar-refractivity contribution in [1.82, 2.24) is 10.2 Å². The van der Waals surface area contributed by atoms with Crippen molar-refractivity contribution < 1.29 is 0 Å². The molecule has 2 heterocycles. The number of H-pyrrole nitrogens is 1. The Morgan fingerprint density at radius 2 is 1.93 bits per heavy atom. The van der Waals surface area contributed by atoms with Crippen molar-refractivity contribution in [2.75, 3.05) is 11.9 Å². The summed E-state index contributed by atoms with van der Waals surface area (Å²) >= 11 is 0. The lowest BCUT2D eigenvalue weighted by Crippen LogP contribution is -2.12. The number of fused-ring (bicyclic) bond motifs is 1. The number of hydrogen-bond donors (Lipinski definition) is 2. The summed E-state index contributed by atoms with van der Waals surface area (Å²) in [4.78, 5) is 0. The normalized spacial score (nSPS) is 20.5. The highest BCUT2D eigenvalue weighted by Gasteiger charge is 2.25. The summed E-state index contributed by atoms with van der Waals surface area (Å²) in [6.45, 7) is 1.09. The molecule has 0 aromatic carbocycles. The van der Waals surface area contributed by atoms with E-state index in [1.54, 1.807) is 0 Å². The number of aromatic amines is 1. The quantitative estimate of drug-likeness (QED) is 0.775. The number of rotatable bonds is 1. The van der Waals surface area contributed by atoms with E-state index in [0.717, 1.165) is 18.3 Å². The van der Waals surface area contributed by atoms with Crippen LogP contribution in [0.25, 0.3) is 0 Å². The largest absolute Gasteiger partial charge is 0.368 e. The van der Waals surface area contributed by atoms with Gasteiger partial charge in [-0.25, -0.2) is 0 Å². The monoisotopic (exact) mass is 227 g/mol. The first-order valence-corrected chi connectivity index (χ1v) is 5.76. The van der Waals surface area contributed by atoms with E-state index in [9.17, 15) is 0 Å². The van der Waals surface area contributed by atoms with Crippen LogP contribution in [0.15, 0.2) is 0 Å². The van der Waals surface area contributed by atoms with Gasteiger partial charge in [-0.1, -0.05) is 12.8 Å². The van der Waals surface area contributed by atoms with E-state index in [1.165, 1.54) is 49.8 Å². The molecule has 1 aliphatic heterocycles. The van der Waals surface area contributed by atoms with Crippen molar-refractivity contribution in [3.8, 4) is 0 Å². The highest BCUT2D eigenvalue weighted by Crippen LogP contribution is 2.37. The Balaban J connectivity index is 0.000000853. The summed E-state index contributed by atoms with van der Waals surface area (Å²) < 4.78 is 0. The molecule has 15 heavy (non-hydrogen) atoms. The Labute approximate surface area is 96.4 Å². The summed E-state index contributed by atoms with van der Waals surface area (Å²) in [6.07, 6.45) is 7.97. The first kappa shape index (κ1) is 10.8. The lowest BCUT2D eigenvalue weighted by atomic mass is 9.96. The van der Waals surface area contributed by atoms with Crippen molar-refractivity contribution >= 4 is 18.2 Å². The first-order valence-electron chi connectivity index (χ1n) is 5.76. The fraction of sp³-hybridized carbons (Fsp3) is 0.727. The van der Waals surface area contributed by atoms with Crippen LogP contribution in [0.3, 0.4) is 0 Å². The first-order chi connectivity index (χ1) is 6.95. The smallest absolute Gasteiger partial charge is 0.151 e. The van der Waals surface area contributed by atoms with Crippen LogP contribution >= 0.6 is 12.4 Å². The van der Waals surface area contributed by atoms with E-state index in [2.05, 4.69) is 15.5 Å². The van der Waals surface area contributed by atoms with Gasteiger partial charge in [0.2, 0.25) is 0 Å². The van der Waals surface area contributed by atoms with Gasteiger partial charge < -0.3 is 5.32 Å². The van der Waals surface area contributed by atoms with Gasteiger partial charge in [0.25, 0.3) is 0 Å². The molecule has 4 heteroatoms. The van der Waals surface area contributed by atoms with Gasteiger partial charge in [0.05, 0.1) is 0 Å². The molecule has 1 fully saturated rings. The Hall–Kier alpha value is -0.700. The number of nitrogens with one attached hydrogen (secondary N) is 2. The van der Waals surface area contributed by atoms with Crippen LogP contribution < -0.4 is 5.32 Å². The van der Waals surface area contributed by atoms with E-state index in [4.69, 9.17) is 0 Å². The van der Waals surface area contributed by atoms with Crippen molar-refractivity contribution in [2.45, 2.75) is 44.4 Å². The predicted molar refractivity (Wildman–Crippen MR) is 63.9 cm³/mol. The van der Waals surface area contributed by atoms with Crippen LogP contribution in [0, 0.1) is 0 Å². The molecule has 1 saturated carbocycles. The molecule has 1 aliphatic carbocycles. The van der Waals surface area contributed by atoms with Crippen LogP contribution in [0.5, 0.6) is 0 Å². The lowest BCUT2D eigenvalue weighted by Gasteiger charge is -2.15. The summed E-state index contributed by atoms with van der Waals surface area (Å²) in [5.41, 5.74) is 2.91. The molecule has 0 radical (unpaired) electrons. The molecule has 1 aromatic rings. The Morgan fingerprint density at radius 1 is 1.13 bits per heavy atom. The highest BCUT2D eigenvalue weighted by molar-refractivity contribution is 5.85. The van der Waals surface area contributed by atoms with Gasteiger partial charge in [-0.15, -0.1) is 12.4 Å². The maximum absolute atomic E-state index is 4.37. The van der Waals surface area contributed by atoms with Gasteiger partial charge >= 0.3 is 0 Å². The van der Waals surface area contributed by atoms with Gasteiger partial charge in [-0.3, -0.25) is 5.10 Å². The van der Waals surface area contributed by atoms with Gasteiger partial charge in [0, 0.05) is 23.7 Å². The second-order valence-corrected chi connectivity index (χ2v) is 4.48. The average molecular weight is 228 g/mol. The van der Waals surface area contributed by atoms with Gasteiger partial charge in [-0.2, -0.15) is 5.10 Å². The standard InChI is InChI=1S/C11H17N3.ClH/c1-2-5-8(4-1)10-9-6-3-7-12-11(9)14-13-10;/h8H,1-7H2,(H2,12,13,14);1H. The van der Waals surface area contributed by atoms with Crippen molar-refractivity contribution in [3.63, 3.8) is 0 Å². The maximum atomic E-state index is 4.37. The Kier molecular flexibility index (Phi) is 3.19. The van der Waals surface area contributed by atoms with Crippen LogP contribution in [0.2, 0.25) is 0 Å². The molecule has 0 saturated heterocycles. The summed E-state index contributed by atoms with van der Waals surface area (Å²) in [6, 6.07) is 0. The third kappa shape index (κ3) is 1.85. The molecule has 3 rings (SSSR count). The molecular weight excluding hydrogens is 210 g/mol. The highest BCUT2D eigenvalue weighted by atomic mass is 35.5. The number of anilines is 1. The third-order valence-electron chi connectivity index (χ3n) is 3.56. The molecular formula is C11H18ClN3. The van der Waals surface area contributed by atoms with Gasteiger partial charge in [0.15, 0.2) is 5.82 Å². The summed E-state index contributed by atoms with van der Waals surface area (Å²) in [5, 5.41) is 11.0. The minimum atomic E-state index is 0. The summed E-state index contributed by atoms with van der Waals surface area (Å²) in [7, 11) is 0. The fourth-order valence-electron chi connectivity index (χ4n) is 2.80. The topological polar surface area (TPSA) is 40.7 Å². The maximum Gasteiger partial charge on any atom is 0.151 e. The zero-order chi connectivity index (χ0) is 9.38. The minimum absolute atomic E-state index is 0. The summed E-state index contributed by atoms with van der Waals surface area (Å²) in [5.74, 6) is 1.89. The molecule has 0 spiro atoms. The molecule has 0 bridgehead atoms. The van der Waals surface area contributed by atoms with E-state index in [0.29, 0.717) is 0 Å². The van der Waals surface area contributed by atoms with Crippen molar-refractivity contribution in [1.29, 1.82) is 0 Å². The van der Waals surface area contributed by atoms with Crippen molar-refractivity contribution in [3.05, 3.63) is 11.3 Å². The van der Waals surface area contributed by atoms with Crippen LogP contribution in [-0.4, -0.2) is 16.7 Å². The molecule has 3 nitrogen and oxygen atoms in total. The minimum Gasteiger partial charge on any atom is -0.368 e. The lowest BCUT2D eigenvalue weighted by molar-refractivity contribution is 0.679. The molecule has 2 aliphatic rings. The molecule has 0 unspecified atom stereocenters. The number of halogens is 1. The van der Waals surface area contributed by atoms with Gasteiger partial charge in [0.1, 0.15) is 0 Å². The Bertz CT molecular complexity index is 329. The van der Waals surface area contributed by atoms with Crippen molar-refractivity contribution in [2.24, 2.45) is 0 Å². The Morgan fingerprint density at radius 3 is 2.73 bits per heavy atom. The number of aromatic nitrogens is 2. The predicted octanol–water partition coefficient (Wildman–Crippen LogP) is 2.85. The van der Waals surface area contributed by atoms with Crippen LogP contribution in [0.4, 0.5) is 5.82 Å². The van der Waals surface area contributed by atoms with E-state index >= 15 is 0 Å². The second kappa shape index (κ2) is 4.44. The molecule has 0 amide bonds. The number of nitrogens with zero attached hydrogens (tertiary/aromatic N) is 1. The van der Waals surface area contributed by atoms with E-state index < -0.39 is 0 Å². The van der Waals surface area contributed by atoms with E-state index in [1.807, 2.05) is 0 Å². The second-order valence-electron chi connectivity index (χ2n) is 4.48. The van der Waals surface area contributed by atoms with Gasteiger partial charge in [-0.05, 0) is 25.7 Å². The molecule has 1 aromatic heterocycles. The van der Waals surface area contributed by atoms with Crippen LogP contribution in [0.1, 0.15) is 49.3 Å².